The second kappa shape index (κ2) is 7.53. The van der Waals surface area contributed by atoms with Crippen LogP contribution >= 0.6 is 0 Å². The molecule has 2 aliphatic rings. The molecule has 2 unspecified atom stereocenters. The number of carbonyl (C=O) groups is 1. The Morgan fingerprint density at radius 2 is 1.93 bits per heavy atom. The molecule has 1 aromatic carbocycles. The van der Waals surface area contributed by atoms with E-state index in [1.807, 2.05) is 29.2 Å². The van der Waals surface area contributed by atoms with Gasteiger partial charge in [0.1, 0.15) is 0 Å². The molecule has 3 rings (SSSR count). The van der Waals surface area contributed by atoms with E-state index in [1.165, 1.54) is 11.8 Å². The molecule has 0 radical (unpaired) electrons. The van der Waals surface area contributed by atoms with Crippen molar-refractivity contribution in [2.75, 3.05) is 46.2 Å². The van der Waals surface area contributed by atoms with Crippen LogP contribution in [0.15, 0.2) is 24.3 Å². The Bertz CT molecular complexity index is 791. The van der Waals surface area contributed by atoms with E-state index in [0.29, 0.717) is 44.3 Å². The Balaban J connectivity index is 1.76. The van der Waals surface area contributed by atoms with Gasteiger partial charge >= 0.3 is 0 Å². The van der Waals surface area contributed by atoms with Gasteiger partial charge in [-0.05, 0) is 36.0 Å². The second-order valence-electron chi connectivity index (χ2n) is 8.33. The average molecular weight is 395 g/mol. The summed E-state index contributed by atoms with van der Waals surface area (Å²) in [5, 5.41) is 0. The molecule has 2 fully saturated rings. The van der Waals surface area contributed by atoms with E-state index in [2.05, 4.69) is 13.8 Å². The SMILES string of the molecule is COCC12CCN(C(=O)c3ccc(C(C)C)cc3)CC1CN(S(C)(=O)=O)C2. The van der Waals surface area contributed by atoms with E-state index < -0.39 is 10.0 Å². The van der Waals surface area contributed by atoms with Crippen LogP contribution in [0.5, 0.6) is 0 Å². The second-order valence-corrected chi connectivity index (χ2v) is 10.3. The molecule has 7 heteroatoms. The predicted molar refractivity (Wildman–Crippen MR) is 105 cm³/mol. The van der Waals surface area contributed by atoms with Crippen molar-refractivity contribution >= 4 is 15.9 Å². The number of ether oxygens (including phenoxy) is 1. The monoisotopic (exact) mass is 394 g/mol. The van der Waals surface area contributed by atoms with Crippen molar-refractivity contribution in [1.29, 1.82) is 0 Å². The number of carbonyl (C=O) groups excluding carboxylic acids is 1. The first kappa shape index (κ1) is 20.3. The maximum Gasteiger partial charge on any atom is 0.253 e. The van der Waals surface area contributed by atoms with Crippen LogP contribution in [0.25, 0.3) is 0 Å². The first-order chi connectivity index (χ1) is 12.7. The lowest BCUT2D eigenvalue weighted by atomic mass is 9.73. The van der Waals surface area contributed by atoms with Crippen molar-refractivity contribution in [3.63, 3.8) is 0 Å². The van der Waals surface area contributed by atoms with Crippen molar-refractivity contribution in [1.82, 2.24) is 9.21 Å². The lowest BCUT2D eigenvalue weighted by molar-refractivity contribution is 0.00342. The van der Waals surface area contributed by atoms with Crippen molar-refractivity contribution in [3.05, 3.63) is 35.4 Å². The van der Waals surface area contributed by atoms with Crippen LogP contribution in [0.3, 0.4) is 0 Å². The van der Waals surface area contributed by atoms with Crippen molar-refractivity contribution in [2.45, 2.75) is 26.2 Å². The summed E-state index contributed by atoms with van der Waals surface area (Å²) in [5.41, 5.74) is 1.70. The van der Waals surface area contributed by atoms with Crippen molar-refractivity contribution < 1.29 is 17.9 Å². The molecule has 1 aromatic rings. The molecular weight excluding hydrogens is 364 g/mol. The van der Waals surface area contributed by atoms with E-state index in [9.17, 15) is 13.2 Å². The predicted octanol–water partition coefficient (Wildman–Crippen LogP) is 2.18. The molecule has 2 aliphatic heterocycles. The zero-order valence-corrected chi connectivity index (χ0v) is 17.5. The number of nitrogens with zero attached hydrogens (tertiary/aromatic N) is 2. The number of amides is 1. The molecule has 6 nitrogen and oxygen atoms in total. The third-order valence-electron chi connectivity index (χ3n) is 6.11. The highest BCUT2D eigenvalue weighted by atomic mass is 32.2. The van der Waals surface area contributed by atoms with Gasteiger partial charge in [0.25, 0.3) is 5.91 Å². The van der Waals surface area contributed by atoms with Gasteiger partial charge in [-0.25, -0.2) is 12.7 Å². The molecule has 0 saturated carbocycles. The topological polar surface area (TPSA) is 66.9 Å². The minimum absolute atomic E-state index is 0.0223. The van der Waals surface area contributed by atoms with Crippen LogP contribution < -0.4 is 0 Å². The zero-order chi connectivity index (χ0) is 19.8. The molecule has 1 amide bonds. The summed E-state index contributed by atoms with van der Waals surface area (Å²) in [5.74, 6) is 0.549. The summed E-state index contributed by atoms with van der Waals surface area (Å²) in [7, 11) is -1.59. The highest BCUT2D eigenvalue weighted by Crippen LogP contribution is 2.44. The quantitative estimate of drug-likeness (QED) is 0.768. The van der Waals surface area contributed by atoms with Gasteiger partial charge in [0.05, 0.1) is 12.9 Å². The first-order valence-electron chi connectivity index (χ1n) is 9.49. The number of hydrogen-bond acceptors (Lipinski definition) is 4. The molecule has 0 aromatic heterocycles. The number of hydrogen-bond donors (Lipinski definition) is 0. The summed E-state index contributed by atoms with van der Waals surface area (Å²) in [4.78, 5) is 14.8. The van der Waals surface area contributed by atoms with Crippen LogP contribution in [-0.2, 0) is 14.8 Å². The van der Waals surface area contributed by atoms with E-state index in [1.54, 1.807) is 11.4 Å². The number of piperidine rings is 1. The number of methoxy groups -OCH3 is 1. The number of likely N-dealkylation sites (tertiary alicyclic amines) is 1. The maximum atomic E-state index is 13.0. The number of rotatable bonds is 5. The van der Waals surface area contributed by atoms with Gasteiger partial charge in [0.15, 0.2) is 0 Å². The van der Waals surface area contributed by atoms with Crippen LogP contribution in [0.4, 0.5) is 0 Å². The fraction of sp³-hybridized carbons (Fsp3) is 0.650. The Hall–Kier alpha value is -1.44. The van der Waals surface area contributed by atoms with E-state index in [0.717, 1.165) is 6.42 Å². The number of benzene rings is 1. The fourth-order valence-electron chi connectivity index (χ4n) is 4.39. The van der Waals surface area contributed by atoms with E-state index in [4.69, 9.17) is 4.74 Å². The molecule has 2 saturated heterocycles. The number of fused-ring (bicyclic) bond motifs is 1. The Morgan fingerprint density at radius 3 is 2.48 bits per heavy atom. The van der Waals surface area contributed by atoms with Gasteiger partial charge in [-0.1, -0.05) is 26.0 Å². The molecule has 2 atom stereocenters. The van der Waals surface area contributed by atoms with Gasteiger partial charge < -0.3 is 9.64 Å². The minimum atomic E-state index is -3.25. The van der Waals surface area contributed by atoms with Gasteiger partial charge in [0.2, 0.25) is 10.0 Å². The molecule has 27 heavy (non-hydrogen) atoms. The summed E-state index contributed by atoms with van der Waals surface area (Å²) in [6, 6.07) is 7.81. The van der Waals surface area contributed by atoms with Gasteiger partial charge in [-0.2, -0.15) is 0 Å². The molecule has 0 bridgehead atoms. The Kier molecular flexibility index (Phi) is 5.66. The molecular formula is C20H30N2O4S. The lowest BCUT2D eigenvalue weighted by Crippen LogP contribution is -2.50. The van der Waals surface area contributed by atoms with Crippen LogP contribution in [0.2, 0.25) is 0 Å². The summed E-state index contributed by atoms with van der Waals surface area (Å²) in [6.45, 7) is 6.92. The summed E-state index contributed by atoms with van der Waals surface area (Å²) >= 11 is 0. The normalized spacial score (nSPS) is 26.4. The first-order valence-corrected chi connectivity index (χ1v) is 11.3. The van der Waals surface area contributed by atoms with Crippen LogP contribution in [0, 0.1) is 11.3 Å². The maximum absolute atomic E-state index is 13.0. The van der Waals surface area contributed by atoms with Crippen LogP contribution in [0.1, 0.15) is 42.1 Å². The third kappa shape index (κ3) is 4.05. The number of sulfonamides is 1. The van der Waals surface area contributed by atoms with E-state index in [-0.39, 0.29) is 17.2 Å². The van der Waals surface area contributed by atoms with Gasteiger partial charge in [-0.3, -0.25) is 4.79 Å². The van der Waals surface area contributed by atoms with E-state index >= 15 is 0 Å². The Labute approximate surface area is 162 Å². The molecule has 0 spiro atoms. The molecule has 2 heterocycles. The van der Waals surface area contributed by atoms with Gasteiger partial charge in [0, 0.05) is 44.3 Å². The zero-order valence-electron chi connectivity index (χ0n) is 16.6. The summed E-state index contributed by atoms with van der Waals surface area (Å²) < 4.78 is 31.1. The van der Waals surface area contributed by atoms with Crippen molar-refractivity contribution in [2.24, 2.45) is 11.3 Å². The molecule has 150 valence electrons. The van der Waals surface area contributed by atoms with Crippen LogP contribution in [-0.4, -0.2) is 69.7 Å². The Morgan fingerprint density at radius 1 is 1.26 bits per heavy atom. The molecule has 0 aliphatic carbocycles. The van der Waals surface area contributed by atoms with Crippen molar-refractivity contribution in [3.8, 4) is 0 Å². The third-order valence-corrected chi connectivity index (χ3v) is 7.33. The molecule has 0 N–H and O–H groups in total. The van der Waals surface area contributed by atoms with Gasteiger partial charge in [-0.15, -0.1) is 0 Å². The smallest absolute Gasteiger partial charge is 0.253 e. The average Bonchev–Trinajstić information content (AvgIpc) is 3.00. The highest BCUT2D eigenvalue weighted by Gasteiger charge is 2.52. The fourth-order valence-corrected chi connectivity index (χ4v) is 5.33. The largest absolute Gasteiger partial charge is 0.384 e. The highest BCUT2D eigenvalue weighted by molar-refractivity contribution is 7.88. The summed E-state index contributed by atoms with van der Waals surface area (Å²) in [6.07, 6.45) is 2.01. The lowest BCUT2D eigenvalue weighted by Gasteiger charge is -2.43. The minimum Gasteiger partial charge on any atom is -0.384 e. The standard InChI is InChI=1S/C20H30N2O4S/c1-15(2)16-5-7-17(8-6-16)19(23)21-10-9-20(14-26-3)13-22(27(4,24)25)12-18(20)11-21/h5-8,15,18H,9-14H2,1-4H3.